The van der Waals surface area contributed by atoms with Crippen molar-refractivity contribution in [2.75, 3.05) is 34.4 Å². The van der Waals surface area contributed by atoms with E-state index in [1.54, 1.807) is 38.5 Å². The van der Waals surface area contributed by atoms with Crippen LogP contribution in [-0.4, -0.2) is 56.0 Å². The highest BCUT2D eigenvalue weighted by Gasteiger charge is 2.34. The summed E-state index contributed by atoms with van der Waals surface area (Å²) in [7, 11) is 5.33. The second kappa shape index (κ2) is 8.89. The third kappa shape index (κ3) is 4.17. The highest BCUT2D eigenvalue weighted by molar-refractivity contribution is 6.21. The van der Waals surface area contributed by atoms with Crippen molar-refractivity contribution in [2.45, 2.75) is 19.4 Å². The molecule has 1 heterocycles. The standard InChI is InChI=1S/C22H26N2O4/c1-23(15-16-10-11-17(27-2)14-20(16)28-3)12-6-7-13-24-21(25)18-8-4-5-9-19(18)22(24)26/h4-5,8-11,14H,6-7,12-13,15H2,1-3H3. The molecule has 2 aromatic rings. The Morgan fingerprint density at radius 2 is 1.61 bits per heavy atom. The van der Waals surface area contributed by atoms with E-state index >= 15 is 0 Å². The van der Waals surface area contributed by atoms with Gasteiger partial charge in [-0.25, -0.2) is 0 Å². The lowest BCUT2D eigenvalue weighted by Gasteiger charge is -2.19. The number of unbranched alkanes of at least 4 members (excludes halogenated alkanes) is 1. The number of hydrogen-bond acceptors (Lipinski definition) is 5. The number of rotatable bonds is 9. The smallest absolute Gasteiger partial charge is 0.261 e. The van der Waals surface area contributed by atoms with E-state index in [0.29, 0.717) is 17.7 Å². The number of hydrogen-bond donors (Lipinski definition) is 0. The largest absolute Gasteiger partial charge is 0.497 e. The lowest BCUT2D eigenvalue weighted by Crippen LogP contribution is -2.31. The molecule has 0 radical (unpaired) electrons. The van der Waals surface area contributed by atoms with Crippen LogP contribution in [0, 0.1) is 0 Å². The first-order chi connectivity index (χ1) is 13.5. The molecule has 28 heavy (non-hydrogen) atoms. The molecule has 1 aliphatic rings. The maximum atomic E-state index is 12.4. The average Bonchev–Trinajstić information content (AvgIpc) is 2.96. The molecular formula is C22H26N2O4. The van der Waals surface area contributed by atoms with Crippen LogP contribution in [0.1, 0.15) is 39.1 Å². The summed E-state index contributed by atoms with van der Waals surface area (Å²) in [6, 6.07) is 12.8. The number of fused-ring (bicyclic) bond motifs is 1. The van der Waals surface area contributed by atoms with Crippen LogP contribution in [0.4, 0.5) is 0 Å². The van der Waals surface area contributed by atoms with Crippen molar-refractivity contribution in [3.63, 3.8) is 0 Å². The minimum absolute atomic E-state index is 0.183. The van der Waals surface area contributed by atoms with Crippen LogP contribution in [0.15, 0.2) is 42.5 Å². The van der Waals surface area contributed by atoms with Crippen LogP contribution in [0.3, 0.4) is 0 Å². The Kier molecular flexibility index (Phi) is 6.31. The van der Waals surface area contributed by atoms with Gasteiger partial charge in [-0.2, -0.15) is 0 Å². The second-order valence-corrected chi connectivity index (χ2v) is 6.93. The molecule has 0 aliphatic carbocycles. The summed E-state index contributed by atoms with van der Waals surface area (Å²) < 4.78 is 10.7. The van der Waals surface area contributed by atoms with Crippen LogP contribution in [0.25, 0.3) is 0 Å². The molecule has 0 unspecified atom stereocenters. The minimum atomic E-state index is -0.183. The van der Waals surface area contributed by atoms with Gasteiger partial charge >= 0.3 is 0 Å². The van der Waals surface area contributed by atoms with Gasteiger partial charge in [0.25, 0.3) is 11.8 Å². The zero-order chi connectivity index (χ0) is 20.1. The Hall–Kier alpha value is -2.86. The fourth-order valence-electron chi connectivity index (χ4n) is 3.45. The van der Waals surface area contributed by atoms with E-state index in [0.717, 1.165) is 43.0 Å². The fraction of sp³-hybridized carbons (Fsp3) is 0.364. The van der Waals surface area contributed by atoms with Gasteiger partial charge in [0, 0.05) is 24.7 Å². The third-order valence-electron chi connectivity index (χ3n) is 4.98. The topological polar surface area (TPSA) is 59.1 Å². The van der Waals surface area contributed by atoms with Gasteiger partial charge < -0.3 is 14.4 Å². The molecule has 0 fully saturated rings. The number of nitrogens with zero attached hydrogens (tertiary/aromatic N) is 2. The molecule has 0 aromatic heterocycles. The van der Waals surface area contributed by atoms with Gasteiger partial charge in [-0.15, -0.1) is 0 Å². The molecule has 2 amide bonds. The Labute approximate surface area is 165 Å². The summed E-state index contributed by atoms with van der Waals surface area (Å²) >= 11 is 0. The molecule has 6 heteroatoms. The van der Waals surface area contributed by atoms with E-state index in [1.165, 1.54) is 4.90 Å². The highest BCUT2D eigenvalue weighted by atomic mass is 16.5. The first-order valence-corrected chi connectivity index (χ1v) is 9.40. The zero-order valence-electron chi connectivity index (χ0n) is 16.6. The first kappa shape index (κ1) is 19.9. The molecule has 0 N–H and O–H groups in total. The summed E-state index contributed by atoms with van der Waals surface area (Å²) in [5.74, 6) is 1.20. The van der Waals surface area contributed by atoms with Crippen molar-refractivity contribution in [1.29, 1.82) is 0 Å². The van der Waals surface area contributed by atoms with Crippen molar-refractivity contribution in [2.24, 2.45) is 0 Å². The number of carbonyl (C=O) groups excluding carboxylic acids is 2. The molecule has 1 aliphatic heterocycles. The molecule has 0 atom stereocenters. The van der Waals surface area contributed by atoms with Gasteiger partial charge in [-0.1, -0.05) is 18.2 Å². The van der Waals surface area contributed by atoms with E-state index in [9.17, 15) is 9.59 Å². The summed E-state index contributed by atoms with van der Waals surface area (Å²) in [5.41, 5.74) is 2.11. The molecule has 2 aromatic carbocycles. The van der Waals surface area contributed by atoms with Crippen molar-refractivity contribution in [1.82, 2.24) is 9.80 Å². The maximum Gasteiger partial charge on any atom is 0.261 e. The molecule has 0 saturated heterocycles. The Balaban J connectivity index is 1.47. The number of amides is 2. The summed E-state index contributed by atoms with van der Waals surface area (Å²) in [6.07, 6.45) is 1.66. The van der Waals surface area contributed by atoms with Gasteiger partial charge in [0.1, 0.15) is 11.5 Å². The summed E-state index contributed by atoms with van der Waals surface area (Å²) in [6.45, 7) is 2.06. The van der Waals surface area contributed by atoms with Crippen molar-refractivity contribution < 1.29 is 19.1 Å². The fourth-order valence-corrected chi connectivity index (χ4v) is 3.45. The van der Waals surface area contributed by atoms with Crippen molar-refractivity contribution in [3.8, 4) is 11.5 Å². The van der Waals surface area contributed by atoms with Crippen LogP contribution < -0.4 is 9.47 Å². The summed E-state index contributed by atoms with van der Waals surface area (Å²) in [4.78, 5) is 28.3. The maximum absolute atomic E-state index is 12.4. The van der Waals surface area contributed by atoms with E-state index in [1.807, 2.05) is 25.2 Å². The van der Waals surface area contributed by atoms with E-state index in [4.69, 9.17) is 9.47 Å². The van der Waals surface area contributed by atoms with Gasteiger partial charge in [0.05, 0.1) is 25.3 Å². The molecule has 0 saturated carbocycles. The molecule has 3 rings (SSSR count). The number of imide groups is 1. The van der Waals surface area contributed by atoms with Crippen molar-refractivity contribution >= 4 is 11.8 Å². The quantitative estimate of drug-likeness (QED) is 0.492. The lowest BCUT2D eigenvalue weighted by molar-refractivity contribution is 0.0650. The third-order valence-corrected chi connectivity index (χ3v) is 4.98. The number of benzene rings is 2. The molecular weight excluding hydrogens is 356 g/mol. The second-order valence-electron chi connectivity index (χ2n) is 6.93. The van der Waals surface area contributed by atoms with Crippen LogP contribution in [0.2, 0.25) is 0 Å². The SMILES string of the molecule is COc1ccc(CN(C)CCCCN2C(=O)c3ccccc3C2=O)c(OC)c1. The van der Waals surface area contributed by atoms with Gasteiger partial charge in [0.2, 0.25) is 0 Å². The molecule has 0 spiro atoms. The average molecular weight is 382 g/mol. The van der Waals surface area contributed by atoms with Gasteiger partial charge in [-0.05, 0) is 44.6 Å². The zero-order valence-corrected chi connectivity index (χ0v) is 16.6. The molecule has 6 nitrogen and oxygen atoms in total. The Bertz CT molecular complexity index is 830. The minimum Gasteiger partial charge on any atom is -0.497 e. The predicted octanol–water partition coefficient (Wildman–Crippen LogP) is 3.21. The van der Waals surface area contributed by atoms with Gasteiger partial charge in [-0.3, -0.25) is 14.5 Å². The number of ether oxygens (including phenoxy) is 2. The van der Waals surface area contributed by atoms with Crippen LogP contribution in [0.5, 0.6) is 11.5 Å². The number of carbonyl (C=O) groups is 2. The Morgan fingerprint density at radius 3 is 2.21 bits per heavy atom. The Morgan fingerprint density at radius 1 is 0.929 bits per heavy atom. The van der Waals surface area contributed by atoms with Crippen LogP contribution in [-0.2, 0) is 6.54 Å². The molecule has 148 valence electrons. The first-order valence-electron chi connectivity index (χ1n) is 9.40. The summed E-state index contributed by atoms with van der Waals surface area (Å²) in [5, 5.41) is 0. The van der Waals surface area contributed by atoms with Gasteiger partial charge in [0.15, 0.2) is 0 Å². The van der Waals surface area contributed by atoms with E-state index < -0.39 is 0 Å². The van der Waals surface area contributed by atoms with E-state index in [-0.39, 0.29) is 11.8 Å². The van der Waals surface area contributed by atoms with Crippen molar-refractivity contribution in [3.05, 3.63) is 59.2 Å². The lowest BCUT2D eigenvalue weighted by atomic mass is 10.1. The predicted molar refractivity (Wildman–Crippen MR) is 107 cm³/mol. The highest BCUT2D eigenvalue weighted by Crippen LogP contribution is 2.26. The van der Waals surface area contributed by atoms with E-state index in [2.05, 4.69) is 4.90 Å². The number of methoxy groups -OCH3 is 2. The van der Waals surface area contributed by atoms with Crippen LogP contribution >= 0.6 is 0 Å². The molecule has 0 bridgehead atoms. The monoisotopic (exact) mass is 382 g/mol. The normalized spacial score (nSPS) is 13.2.